The van der Waals surface area contributed by atoms with E-state index in [0.29, 0.717) is 22.8 Å². The summed E-state index contributed by atoms with van der Waals surface area (Å²) < 4.78 is 5.12. The van der Waals surface area contributed by atoms with Crippen LogP contribution in [0.5, 0.6) is 5.75 Å². The highest BCUT2D eigenvalue weighted by Gasteiger charge is 2.06. The first-order valence-electron chi connectivity index (χ1n) is 7.52. The second-order valence-electron chi connectivity index (χ2n) is 5.20. The predicted octanol–water partition coefficient (Wildman–Crippen LogP) is 3.09. The molecule has 0 spiro atoms. The molecular weight excluding hydrogens is 320 g/mol. The van der Waals surface area contributed by atoms with Crippen molar-refractivity contribution in [1.82, 2.24) is 10.2 Å². The van der Waals surface area contributed by atoms with E-state index in [2.05, 4.69) is 20.8 Å². The Morgan fingerprint density at radius 2 is 1.72 bits per heavy atom. The molecule has 3 rings (SSSR count). The Morgan fingerprint density at radius 3 is 2.40 bits per heavy atom. The zero-order valence-corrected chi connectivity index (χ0v) is 13.4. The van der Waals surface area contributed by atoms with E-state index in [1.165, 1.54) is 6.07 Å². The van der Waals surface area contributed by atoms with Gasteiger partial charge < -0.3 is 15.4 Å². The monoisotopic (exact) mass is 336 g/mol. The number of aromatic nitrogens is 2. The van der Waals surface area contributed by atoms with Crippen LogP contribution < -0.4 is 20.9 Å². The van der Waals surface area contributed by atoms with Gasteiger partial charge >= 0.3 is 6.03 Å². The van der Waals surface area contributed by atoms with E-state index in [1.54, 1.807) is 55.6 Å². The summed E-state index contributed by atoms with van der Waals surface area (Å²) in [7, 11) is 1.57. The molecule has 0 bridgehead atoms. The van der Waals surface area contributed by atoms with Gasteiger partial charge in [0.2, 0.25) is 0 Å². The number of H-pyrrole nitrogens is 1. The quantitative estimate of drug-likeness (QED) is 0.682. The van der Waals surface area contributed by atoms with E-state index in [0.717, 1.165) is 5.56 Å². The molecule has 2 aromatic carbocycles. The lowest BCUT2D eigenvalue weighted by atomic mass is 10.1. The molecule has 126 valence electrons. The van der Waals surface area contributed by atoms with E-state index < -0.39 is 0 Å². The number of hydrogen-bond acceptors (Lipinski definition) is 4. The highest BCUT2D eigenvalue weighted by molar-refractivity contribution is 6.00. The van der Waals surface area contributed by atoms with Gasteiger partial charge in [0.1, 0.15) is 5.75 Å². The van der Waals surface area contributed by atoms with Gasteiger partial charge in [0.25, 0.3) is 5.56 Å². The van der Waals surface area contributed by atoms with Crippen LogP contribution in [-0.4, -0.2) is 23.3 Å². The Balaban J connectivity index is 1.72. The van der Waals surface area contributed by atoms with Crippen molar-refractivity contribution in [1.29, 1.82) is 0 Å². The van der Waals surface area contributed by atoms with Crippen LogP contribution in [0.2, 0.25) is 0 Å². The number of anilines is 2. The van der Waals surface area contributed by atoms with Crippen molar-refractivity contribution >= 4 is 17.4 Å². The van der Waals surface area contributed by atoms with Crippen LogP contribution in [-0.2, 0) is 0 Å². The molecule has 3 N–H and O–H groups in total. The normalized spacial score (nSPS) is 10.1. The van der Waals surface area contributed by atoms with Crippen LogP contribution in [0.1, 0.15) is 0 Å². The van der Waals surface area contributed by atoms with Crippen molar-refractivity contribution in [2.75, 3.05) is 17.7 Å². The molecule has 1 aromatic heterocycles. The number of ether oxygens (including phenoxy) is 1. The molecule has 0 aliphatic carbocycles. The predicted molar refractivity (Wildman–Crippen MR) is 95.9 cm³/mol. The second kappa shape index (κ2) is 7.31. The molecule has 0 aliphatic rings. The van der Waals surface area contributed by atoms with Crippen molar-refractivity contribution in [3.63, 3.8) is 0 Å². The molecule has 3 aromatic rings. The summed E-state index contributed by atoms with van der Waals surface area (Å²) in [5.41, 5.74) is 2.34. The smallest absolute Gasteiger partial charge is 0.323 e. The van der Waals surface area contributed by atoms with E-state index in [4.69, 9.17) is 4.74 Å². The van der Waals surface area contributed by atoms with Crippen molar-refractivity contribution in [3.8, 4) is 17.0 Å². The van der Waals surface area contributed by atoms with Gasteiger partial charge in [-0.25, -0.2) is 9.89 Å². The Morgan fingerprint density at radius 1 is 1.00 bits per heavy atom. The van der Waals surface area contributed by atoms with Gasteiger partial charge in [-0.05, 0) is 30.3 Å². The lowest BCUT2D eigenvalue weighted by molar-refractivity contribution is 0.262. The Labute approximate surface area is 143 Å². The highest BCUT2D eigenvalue weighted by atomic mass is 16.5. The topological polar surface area (TPSA) is 96.1 Å². The average molecular weight is 336 g/mol. The first kappa shape index (κ1) is 16.3. The number of benzene rings is 2. The molecule has 0 radical (unpaired) electrons. The molecule has 0 aliphatic heterocycles. The van der Waals surface area contributed by atoms with Crippen LogP contribution in [0.4, 0.5) is 16.2 Å². The van der Waals surface area contributed by atoms with Crippen LogP contribution in [0.3, 0.4) is 0 Å². The fourth-order valence-electron chi connectivity index (χ4n) is 2.26. The van der Waals surface area contributed by atoms with Crippen LogP contribution in [0.15, 0.2) is 65.5 Å². The van der Waals surface area contributed by atoms with Gasteiger partial charge in [0.15, 0.2) is 0 Å². The maximum atomic E-state index is 12.1. The number of amides is 2. The Hall–Kier alpha value is -3.61. The summed E-state index contributed by atoms with van der Waals surface area (Å²) in [6, 6.07) is 16.9. The van der Waals surface area contributed by atoms with Gasteiger partial charge in [-0.15, -0.1) is 0 Å². The number of aromatic amines is 1. The summed E-state index contributed by atoms with van der Waals surface area (Å²) >= 11 is 0. The van der Waals surface area contributed by atoms with Crippen LogP contribution in [0, 0.1) is 0 Å². The molecule has 0 atom stereocenters. The number of urea groups is 1. The minimum Gasteiger partial charge on any atom is -0.497 e. The number of methoxy groups -OCH3 is 1. The van der Waals surface area contributed by atoms with Crippen molar-refractivity contribution in [2.24, 2.45) is 0 Å². The minimum atomic E-state index is -0.375. The van der Waals surface area contributed by atoms with E-state index in [1.807, 2.05) is 6.07 Å². The number of nitrogens with one attached hydrogen (secondary N) is 3. The summed E-state index contributed by atoms with van der Waals surface area (Å²) in [6.07, 6.45) is 0. The lowest BCUT2D eigenvalue weighted by Gasteiger charge is -2.09. The lowest BCUT2D eigenvalue weighted by Crippen LogP contribution is -2.19. The number of rotatable bonds is 4. The van der Waals surface area contributed by atoms with E-state index in [-0.39, 0.29) is 11.6 Å². The molecule has 1 heterocycles. The largest absolute Gasteiger partial charge is 0.497 e. The van der Waals surface area contributed by atoms with Crippen molar-refractivity contribution in [2.45, 2.75) is 0 Å². The minimum absolute atomic E-state index is 0.268. The Bertz CT molecular complexity index is 932. The van der Waals surface area contributed by atoms with Gasteiger partial charge in [-0.1, -0.05) is 18.2 Å². The van der Waals surface area contributed by atoms with E-state index in [9.17, 15) is 9.59 Å². The van der Waals surface area contributed by atoms with E-state index >= 15 is 0 Å². The van der Waals surface area contributed by atoms with Crippen molar-refractivity contribution in [3.05, 3.63) is 71.0 Å². The van der Waals surface area contributed by atoms with Gasteiger partial charge in [-0.3, -0.25) is 4.79 Å². The molecule has 7 heteroatoms. The third-order valence-electron chi connectivity index (χ3n) is 3.42. The molecule has 2 amide bonds. The van der Waals surface area contributed by atoms with Crippen molar-refractivity contribution < 1.29 is 9.53 Å². The second-order valence-corrected chi connectivity index (χ2v) is 5.20. The molecule has 25 heavy (non-hydrogen) atoms. The van der Waals surface area contributed by atoms with Crippen LogP contribution in [0.25, 0.3) is 11.3 Å². The highest BCUT2D eigenvalue weighted by Crippen LogP contribution is 2.20. The average Bonchev–Trinajstić information content (AvgIpc) is 2.62. The fraction of sp³-hybridized carbons (Fsp3) is 0.0556. The SMILES string of the molecule is COc1cccc(NC(=O)Nc2cccc(-c3ccc(=O)[nH]n3)c2)c1. The molecular formula is C18H16N4O3. The first-order chi connectivity index (χ1) is 12.1. The van der Waals surface area contributed by atoms with Crippen LogP contribution >= 0.6 is 0 Å². The summed E-state index contributed by atoms with van der Waals surface area (Å²) in [6.45, 7) is 0. The third kappa shape index (κ3) is 4.23. The summed E-state index contributed by atoms with van der Waals surface area (Å²) in [4.78, 5) is 23.2. The Kier molecular flexibility index (Phi) is 4.75. The molecule has 7 nitrogen and oxygen atoms in total. The molecule has 0 fully saturated rings. The van der Waals surface area contributed by atoms with Gasteiger partial charge in [0, 0.05) is 29.1 Å². The maximum Gasteiger partial charge on any atom is 0.323 e. The zero-order valence-electron chi connectivity index (χ0n) is 13.4. The standard InChI is InChI=1S/C18H16N4O3/c1-25-15-7-3-6-14(11-15)20-18(24)19-13-5-2-4-12(10-13)16-8-9-17(23)22-21-16/h2-11H,1H3,(H,22,23)(H2,19,20,24). The van der Waals surface area contributed by atoms with Gasteiger partial charge in [-0.2, -0.15) is 5.10 Å². The molecule has 0 unspecified atom stereocenters. The molecule has 0 saturated carbocycles. The molecule has 0 saturated heterocycles. The number of carbonyl (C=O) groups excluding carboxylic acids is 1. The van der Waals surface area contributed by atoms with Gasteiger partial charge in [0.05, 0.1) is 12.8 Å². The third-order valence-corrected chi connectivity index (χ3v) is 3.42. The number of carbonyl (C=O) groups is 1. The summed E-state index contributed by atoms with van der Waals surface area (Å²) in [5, 5.41) is 11.9. The first-order valence-corrected chi connectivity index (χ1v) is 7.52. The maximum absolute atomic E-state index is 12.1. The number of hydrogen-bond donors (Lipinski definition) is 3. The fourth-order valence-corrected chi connectivity index (χ4v) is 2.26. The zero-order chi connectivity index (χ0) is 17.6. The summed E-state index contributed by atoms with van der Waals surface area (Å²) in [5.74, 6) is 0.656. The number of nitrogens with zero attached hydrogens (tertiary/aromatic N) is 1.